The van der Waals surface area contributed by atoms with E-state index in [9.17, 15) is 4.79 Å². The molecule has 7 nitrogen and oxygen atoms in total. The molecule has 1 atom stereocenters. The third-order valence-corrected chi connectivity index (χ3v) is 5.19. The number of hydrogen-bond donors (Lipinski definition) is 1. The fraction of sp³-hybridized carbons (Fsp3) is 0.208. The van der Waals surface area contributed by atoms with Crippen molar-refractivity contribution in [2.24, 2.45) is 0 Å². The quantitative estimate of drug-likeness (QED) is 0.524. The van der Waals surface area contributed by atoms with Crippen LogP contribution in [-0.4, -0.2) is 39.9 Å². The molecular weight excluding hydrogens is 392 g/mol. The lowest BCUT2D eigenvalue weighted by Crippen LogP contribution is -2.33. The number of nitrogens with zero attached hydrogens (tertiary/aromatic N) is 3. The van der Waals surface area contributed by atoms with Crippen molar-refractivity contribution in [1.29, 1.82) is 0 Å². The molecule has 3 heterocycles. The van der Waals surface area contributed by atoms with E-state index in [1.165, 1.54) is 0 Å². The summed E-state index contributed by atoms with van der Waals surface area (Å²) in [6.45, 7) is 1.59. The first-order valence-electron chi connectivity index (χ1n) is 10.3. The van der Waals surface area contributed by atoms with Crippen molar-refractivity contribution in [3.63, 3.8) is 0 Å². The van der Waals surface area contributed by atoms with Crippen LogP contribution in [0.4, 0.5) is 0 Å². The number of benzene rings is 2. The van der Waals surface area contributed by atoms with Crippen LogP contribution in [-0.2, 0) is 13.0 Å². The summed E-state index contributed by atoms with van der Waals surface area (Å²) in [5.74, 6) is 1.42. The lowest BCUT2D eigenvalue weighted by Gasteiger charge is -2.26. The van der Waals surface area contributed by atoms with Gasteiger partial charge >= 0.3 is 0 Å². The fourth-order valence-electron chi connectivity index (χ4n) is 3.64. The van der Waals surface area contributed by atoms with Crippen LogP contribution in [0.2, 0.25) is 0 Å². The van der Waals surface area contributed by atoms with E-state index in [1.807, 2.05) is 65.6 Å². The summed E-state index contributed by atoms with van der Waals surface area (Å²) in [4.78, 5) is 16.6. The van der Waals surface area contributed by atoms with Gasteiger partial charge in [-0.1, -0.05) is 18.2 Å². The zero-order chi connectivity index (χ0) is 21.0. The van der Waals surface area contributed by atoms with Crippen molar-refractivity contribution in [3.05, 3.63) is 84.3 Å². The van der Waals surface area contributed by atoms with E-state index < -0.39 is 0 Å². The molecular formula is C24H22N4O3. The number of ether oxygens (including phenoxy) is 2. The number of para-hydroxylation sites is 2. The molecule has 0 fully saturated rings. The molecule has 0 spiro atoms. The Bertz CT molecular complexity index is 1210. The number of pyridine rings is 1. The van der Waals surface area contributed by atoms with E-state index in [0.29, 0.717) is 25.3 Å². The van der Waals surface area contributed by atoms with E-state index in [4.69, 9.17) is 9.47 Å². The molecule has 0 aliphatic carbocycles. The van der Waals surface area contributed by atoms with Crippen LogP contribution in [0.3, 0.4) is 0 Å². The number of nitrogens with one attached hydrogen (secondary N) is 1. The second-order valence-corrected chi connectivity index (χ2v) is 7.49. The molecule has 4 aromatic rings. The molecule has 156 valence electrons. The van der Waals surface area contributed by atoms with Gasteiger partial charge in [0.2, 0.25) is 0 Å². The number of hydrogen-bond acceptors (Lipinski definition) is 5. The first-order valence-corrected chi connectivity index (χ1v) is 10.3. The summed E-state index contributed by atoms with van der Waals surface area (Å²) in [5, 5.41) is 8.49. The Morgan fingerprint density at radius 2 is 2.03 bits per heavy atom. The average molecular weight is 414 g/mol. The highest BCUT2D eigenvalue weighted by atomic mass is 16.6. The SMILES string of the molecule is O=C(NCCc1cccnc1)c1ccc2nn(CC3COc4ccccc4O3)cc2c1. The highest BCUT2D eigenvalue weighted by molar-refractivity contribution is 5.97. The van der Waals surface area contributed by atoms with Gasteiger partial charge in [-0.25, -0.2) is 0 Å². The first kappa shape index (κ1) is 19.1. The van der Waals surface area contributed by atoms with Crippen molar-refractivity contribution >= 4 is 16.8 Å². The van der Waals surface area contributed by atoms with E-state index in [2.05, 4.69) is 15.4 Å². The van der Waals surface area contributed by atoms with Gasteiger partial charge in [0.05, 0.1) is 12.1 Å². The molecule has 0 radical (unpaired) electrons. The van der Waals surface area contributed by atoms with Crippen molar-refractivity contribution in [2.45, 2.75) is 19.1 Å². The molecule has 5 rings (SSSR count). The molecule has 1 aliphatic rings. The largest absolute Gasteiger partial charge is 0.486 e. The minimum absolute atomic E-state index is 0.0980. The molecule has 31 heavy (non-hydrogen) atoms. The first-order chi connectivity index (χ1) is 15.2. The maximum Gasteiger partial charge on any atom is 0.251 e. The minimum atomic E-state index is -0.126. The maximum atomic E-state index is 12.5. The predicted molar refractivity (Wildman–Crippen MR) is 116 cm³/mol. The zero-order valence-electron chi connectivity index (χ0n) is 16.9. The Balaban J connectivity index is 1.22. The van der Waals surface area contributed by atoms with Gasteiger partial charge < -0.3 is 14.8 Å². The molecule has 2 aromatic heterocycles. The van der Waals surface area contributed by atoms with Crippen molar-refractivity contribution in [1.82, 2.24) is 20.1 Å². The number of rotatable bonds is 6. The number of carbonyl (C=O) groups excluding carboxylic acids is 1. The molecule has 0 saturated heterocycles. The maximum absolute atomic E-state index is 12.5. The van der Waals surface area contributed by atoms with Crippen molar-refractivity contribution < 1.29 is 14.3 Å². The summed E-state index contributed by atoms with van der Waals surface area (Å²) in [7, 11) is 0. The summed E-state index contributed by atoms with van der Waals surface area (Å²) in [5.41, 5.74) is 2.55. The minimum Gasteiger partial charge on any atom is -0.486 e. The highest BCUT2D eigenvalue weighted by Crippen LogP contribution is 2.31. The van der Waals surface area contributed by atoms with Crippen LogP contribution in [0.1, 0.15) is 15.9 Å². The van der Waals surface area contributed by atoms with E-state index in [0.717, 1.165) is 34.4 Å². The normalized spacial score (nSPS) is 15.0. The summed E-state index contributed by atoms with van der Waals surface area (Å²) >= 11 is 0. The van der Waals surface area contributed by atoms with Gasteiger partial charge in [0, 0.05) is 36.1 Å². The van der Waals surface area contributed by atoms with Crippen LogP contribution in [0, 0.1) is 0 Å². The third kappa shape index (κ3) is 4.35. The topological polar surface area (TPSA) is 78.3 Å². The number of aromatic nitrogens is 3. The Kier molecular flexibility index (Phi) is 5.22. The Hall–Kier alpha value is -3.87. The monoisotopic (exact) mass is 414 g/mol. The van der Waals surface area contributed by atoms with Crippen LogP contribution in [0.25, 0.3) is 10.9 Å². The Morgan fingerprint density at radius 3 is 2.90 bits per heavy atom. The molecule has 1 unspecified atom stereocenters. The number of amides is 1. The van der Waals surface area contributed by atoms with Crippen LogP contribution >= 0.6 is 0 Å². The van der Waals surface area contributed by atoms with Gasteiger partial charge in [-0.2, -0.15) is 5.10 Å². The van der Waals surface area contributed by atoms with Crippen LogP contribution in [0.15, 0.2) is 73.2 Å². The van der Waals surface area contributed by atoms with E-state index >= 15 is 0 Å². The van der Waals surface area contributed by atoms with E-state index in [1.54, 1.807) is 12.3 Å². The van der Waals surface area contributed by atoms with Gasteiger partial charge in [-0.3, -0.25) is 14.5 Å². The summed E-state index contributed by atoms with van der Waals surface area (Å²) in [6, 6.07) is 17.1. The third-order valence-electron chi connectivity index (χ3n) is 5.19. The molecule has 1 N–H and O–H groups in total. The predicted octanol–water partition coefficient (Wildman–Crippen LogP) is 3.24. The molecule has 0 saturated carbocycles. The molecule has 1 amide bonds. The molecule has 7 heteroatoms. The van der Waals surface area contributed by atoms with Gasteiger partial charge in [-0.05, 0) is 48.4 Å². The molecule has 0 bridgehead atoms. The van der Waals surface area contributed by atoms with E-state index in [-0.39, 0.29) is 12.0 Å². The second kappa shape index (κ2) is 8.47. The Morgan fingerprint density at radius 1 is 1.13 bits per heavy atom. The van der Waals surface area contributed by atoms with Crippen molar-refractivity contribution in [2.75, 3.05) is 13.2 Å². The van der Waals surface area contributed by atoms with Gasteiger partial charge in [0.1, 0.15) is 6.61 Å². The van der Waals surface area contributed by atoms with Crippen LogP contribution < -0.4 is 14.8 Å². The second-order valence-electron chi connectivity index (χ2n) is 7.49. The molecule has 1 aliphatic heterocycles. The lowest BCUT2D eigenvalue weighted by molar-refractivity contribution is 0.0760. The average Bonchev–Trinajstić information content (AvgIpc) is 3.21. The Labute approximate surface area is 179 Å². The standard InChI is InChI=1S/C24H22N4O3/c29-24(26-11-9-17-4-3-10-25-13-17)18-7-8-21-19(12-18)14-28(27-21)15-20-16-30-22-5-1-2-6-23(22)31-20/h1-8,10,12-14,20H,9,11,15-16H2,(H,26,29). The van der Waals surface area contributed by atoms with Crippen LogP contribution in [0.5, 0.6) is 11.5 Å². The lowest BCUT2D eigenvalue weighted by atomic mass is 10.1. The number of carbonyl (C=O) groups is 1. The zero-order valence-corrected chi connectivity index (χ0v) is 16.9. The van der Waals surface area contributed by atoms with Gasteiger partial charge in [0.15, 0.2) is 17.6 Å². The summed E-state index contributed by atoms with van der Waals surface area (Å²) in [6.07, 6.45) is 6.10. The molecule has 2 aromatic carbocycles. The fourth-order valence-corrected chi connectivity index (χ4v) is 3.64. The highest BCUT2D eigenvalue weighted by Gasteiger charge is 2.21. The van der Waals surface area contributed by atoms with Gasteiger partial charge in [0.25, 0.3) is 5.91 Å². The van der Waals surface area contributed by atoms with Crippen molar-refractivity contribution in [3.8, 4) is 11.5 Å². The smallest absolute Gasteiger partial charge is 0.251 e. The summed E-state index contributed by atoms with van der Waals surface area (Å²) < 4.78 is 13.6. The number of fused-ring (bicyclic) bond motifs is 2. The van der Waals surface area contributed by atoms with Gasteiger partial charge in [-0.15, -0.1) is 0 Å².